The van der Waals surface area contributed by atoms with Crippen molar-refractivity contribution in [1.29, 1.82) is 0 Å². The summed E-state index contributed by atoms with van der Waals surface area (Å²) in [4.78, 5) is 23.3. The quantitative estimate of drug-likeness (QED) is 0.406. The van der Waals surface area contributed by atoms with Crippen LogP contribution in [-0.4, -0.2) is 50.4 Å². The van der Waals surface area contributed by atoms with E-state index in [1.165, 1.54) is 12.1 Å². The van der Waals surface area contributed by atoms with E-state index in [1.54, 1.807) is 0 Å². The van der Waals surface area contributed by atoms with Crippen molar-refractivity contribution in [3.05, 3.63) is 53.8 Å². The largest absolute Gasteiger partial charge is 0.490 e. The van der Waals surface area contributed by atoms with Crippen LogP contribution in [-0.2, 0) is 19.4 Å². The van der Waals surface area contributed by atoms with E-state index >= 15 is 0 Å². The highest BCUT2D eigenvalue weighted by atomic mass is 32.2. The second-order valence-corrected chi connectivity index (χ2v) is 9.15. The van der Waals surface area contributed by atoms with Crippen molar-refractivity contribution in [3.63, 3.8) is 0 Å². The number of nitrogens with zero attached hydrogens (tertiary/aromatic N) is 1. The molecule has 0 aromatic heterocycles. The Bertz CT molecular complexity index is 1080. The van der Waals surface area contributed by atoms with Crippen molar-refractivity contribution >= 4 is 33.1 Å². The number of nitrogens with one attached hydrogen (secondary N) is 1. The second kappa shape index (κ2) is 12.4. The van der Waals surface area contributed by atoms with Crippen LogP contribution in [0, 0.1) is 12.7 Å². The molecule has 1 amide bonds. The highest BCUT2D eigenvalue weighted by Gasteiger charge is 2.38. The average molecular weight is 507 g/mol. The lowest BCUT2D eigenvalue weighted by Crippen LogP contribution is -2.22. The first-order valence-electron chi connectivity index (χ1n) is 10.1. The topological polar surface area (TPSA) is 104 Å². The molecule has 0 heterocycles. The number of halogens is 4. The van der Waals surface area contributed by atoms with E-state index in [4.69, 9.17) is 9.90 Å². The number of carbonyl (C=O) groups excluding carboxylic acids is 1. The van der Waals surface area contributed by atoms with Gasteiger partial charge in [0.05, 0.1) is 10.6 Å². The van der Waals surface area contributed by atoms with Crippen molar-refractivity contribution in [3.8, 4) is 0 Å². The fourth-order valence-electron chi connectivity index (χ4n) is 2.77. The van der Waals surface area contributed by atoms with Crippen LogP contribution in [0.2, 0.25) is 0 Å². The molecule has 0 bridgehead atoms. The molecule has 0 aliphatic carbocycles. The number of carboxylic acids is 1. The first-order valence-corrected chi connectivity index (χ1v) is 11.8. The monoisotopic (exact) mass is 506 g/mol. The Kier molecular flexibility index (Phi) is 10.5. The van der Waals surface area contributed by atoms with E-state index in [2.05, 4.69) is 24.1 Å². The number of hydrogen-bond acceptors (Lipinski definition) is 5. The Morgan fingerprint density at radius 2 is 1.56 bits per heavy atom. The molecular formula is C22H26F4N2O5S. The van der Waals surface area contributed by atoms with Crippen LogP contribution in [0.4, 0.5) is 28.9 Å². The summed E-state index contributed by atoms with van der Waals surface area (Å²) in [5.74, 6) is -3.97. The Balaban J connectivity index is 0.000000718. The zero-order valence-corrected chi connectivity index (χ0v) is 19.6. The lowest BCUT2D eigenvalue weighted by atomic mass is 10.1. The van der Waals surface area contributed by atoms with Crippen molar-refractivity contribution < 1.29 is 40.7 Å². The van der Waals surface area contributed by atoms with E-state index in [9.17, 15) is 30.8 Å². The molecule has 2 N–H and O–H groups in total. The standard InChI is InChI=1S/C20H25FN2O3S.C2HF3O2/c1-4-23(5-2)17-8-11-19(15(3)14-17)22-20(24)12-13-27(25,26)18-9-6-16(21)7-10-18;3-2(4,5)1(6)7/h6-11,14H,4-5,12-13H2,1-3H3,(H,22,24);(H,6,7). The van der Waals surface area contributed by atoms with Gasteiger partial charge in [-0.2, -0.15) is 13.2 Å². The van der Waals surface area contributed by atoms with Crippen LogP contribution < -0.4 is 10.2 Å². The number of hydrogen-bond donors (Lipinski definition) is 2. The first-order chi connectivity index (χ1) is 15.7. The fraction of sp³-hybridized carbons (Fsp3) is 0.364. The van der Waals surface area contributed by atoms with Gasteiger partial charge in [0, 0.05) is 30.9 Å². The maximum absolute atomic E-state index is 12.9. The summed E-state index contributed by atoms with van der Waals surface area (Å²) in [7, 11) is -3.63. The third-order valence-electron chi connectivity index (χ3n) is 4.63. The Morgan fingerprint density at radius 3 is 2.00 bits per heavy atom. The van der Waals surface area contributed by atoms with Crippen LogP contribution >= 0.6 is 0 Å². The average Bonchev–Trinajstić information content (AvgIpc) is 2.75. The molecular weight excluding hydrogens is 480 g/mol. The maximum Gasteiger partial charge on any atom is 0.490 e. The van der Waals surface area contributed by atoms with Crippen LogP contribution in [0.15, 0.2) is 47.4 Å². The normalized spacial score (nSPS) is 11.3. The molecule has 12 heteroatoms. The molecule has 34 heavy (non-hydrogen) atoms. The zero-order valence-electron chi connectivity index (χ0n) is 18.8. The van der Waals surface area contributed by atoms with E-state index in [0.717, 1.165) is 36.5 Å². The molecule has 0 aliphatic heterocycles. The summed E-state index contributed by atoms with van der Waals surface area (Å²) in [5, 5.41) is 9.89. The summed E-state index contributed by atoms with van der Waals surface area (Å²) < 4.78 is 69.2. The minimum absolute atomic E-state index is 0.0106. The van der Waals surface area contributed by atoms with E-state index in [0.29, 0.717) is 5.69 Å². The van der Waals surface area contributed by atoms with Crippen molar-refractivity contribution in [2.24, 2.45) is 0 Å². The molecule has 0 saturated carbocycles. The number of amides is 1. The van der Waals surface area contributed by atoms with Crippen LogP contribution in [0.25, 0.3) is 0 Å². The number of sulfone groups is 1. The molecule has 2 aromatic carbocycles. The highest BCUT2D eigenvalue weighted by molar-refractivity contribution is 7.91. The fourth-order valence-corrected chi connectivity index (χ4v) is 4.01. The lowest BCUT2D eigenvalue weighted by Gasteiger charge is -2.22. The molecule has 7 nitrogen and oxygen atoms in total. The molecule has 2 rings (SSSR count). The molecule has 0 aliphatic rings. The lowest BCUT2D eigenvalue weighted by molar-refractivity contribution is -0.192. The number of aryl methyl sites for hydroxylation is 1. The summed E-state index contributed by atoms with van der Waals surface area (Å²) in [6, 6.07) is 10.4. The van der Waals surface area contributed by atoms with E-state index in [-0.39, 0.29) is 23.0 Å². The molecule has 0 saturated heterocycles. The SMILES string of the molecule is CCN(CC)c1ccc(NC(=O)CCS(=O)(=O)c2ccc(F)cc2)c(C)c1.O=C(O)C(F)(F)F. The predicted octanol–water partition coefficient (Wildman–Crippen LogP) is 4.42. The summed E-state index contributed by atoms with van der Waals surface area (Å²) in [6.45, 7) is 7.84. The first kappa shape index (κ1) is 28.9. The number of anilines is 2. The summed E-state index contributed by atoms with van der Waals surface area (Å²) >= 11 is 0. The molecule has 0 unspecified atom stereocenters. The minimum atomic E-state index is -5.08. The number of carboxylic acid groups (broad SMARTS) is 1. The molecule has 0 atom stereocenters. The van der Waals surface area contributed by atoms with E-state index < -0.39 is 27.8 Å². The number of alkyl halides is 3. The van der Waals surface area contributed by atoms with Crippen molar-refractivity contribution in [1.82, 2.24) is 0 Å². The van der Waals surface area contributed by atoms with Gasteiger partial charge in [-0.25, -0.2) is 17.6 Å². The van der Waals surface area contributed by atoms with E-state index in [1.807, 2.05) is 25.1 Å². The molecule has 0 radical (unpaired) electrons. The summed E-state index contributed by atoms with van der Waals surface area (Å²) in [5.41, 5.74) is 2.65. The number of benzene rings is 2. The van der Waals surface area contributed by atoms with Crippen LogP contribution in [0.1, 0.15) is 25.8 Å². The van der Waals surface area contributed by atoms with Crippen LogP contribution in [0.5, 0.6) is 0 Å². The van der Waals surface area contributed by atoms with Crippen molar-refractivity contribution in [2.45, 2.75) is 38.3 Å². The number of rotatable bonds is 8. The predicted molar refractivity (Wildman–Crippen MR) is 120 cm³/mol. The summed E-state index contributed by atoms with van der Waals surface area (Å²) in [6.07, 6.45) is -5.25. The zero-order chi connectivity index (χ0) is 26.1. The second-order valence-electron chi connectivity index (χ2n) is 7.05. The third-order valence-corrected chi connectivity index (χ3v) is 6.36. The van der Waals surface area contributed by atoms with Crippen molar-refractivity contribution in [2.75, 3.05) is 29.1 Å². The van der Waals surface area contributed by atoms with Gasteiger partial charge in [0.15, 0.2) is 9.84 Å². The highest BCUT2D eigenvalue weighted by Crippen LogP contribution is 2.23. The van der Waals surface area contributed by atoms with Gasteiger partial charge in [-0.15, -0.1) is 0 Å². The van der Waals surface area contributed by atoms with Gasteiger partial charge >= 0.3 is 12.1 Å². The Hall–Kier alpha value is -3.15. The third kappa shape index (κ3) is 9.00. The van der Waals surface area contributed by atoms with Gasteiger partial charge in [0.25, 0.3) is 0 Å². The van der Waals surface area contributed by atoms with Gasteiger partial charge < -0.3 is 15.3 Å². The van der Waals surface area contributed by atoms with Gasteiger partial charge in [-0.1, -0.05) is 0 Å². The van der Waals surface area contributed by atoms with Gasteiger partial charge in [-0.05, 0) is 68.8 Å². The smallest absolute Gasteiger partial charge is 0.475 e. The van der Waals surface area contributed by atoms with Gasteiger partial charge in [0.2, 0.25) is 5.91 Å². The number of carbonyl (C=O) groups is 2. The molecule has 0 fully saturated rings. The van der Waals surface area contributed by atoms with Gasteiger partial charge in [0.1, 0.15) is 5.82 Å². The van der Waals surface area contributed by atoms with Gasteiger partial charge in [-0.3, -0.25) is 4.79 Å². The maximum atomic E-state index is 12.9. The van der Waals surface area contributed by atoms with Crippen LogP contribution in [0.3, 0.4) is 0 Å². The Labute approximate surface area is 195 Å². The Morgan fingerprint density at radius 1 is 1.03 bits per heavy atom. The minimum Gasteiger partial charge on any atom is -0.475 e. The molecule has 188 valence electrons. The molecule has 0 spiro atoms. The molecule has 2 aromatic rings. The number of aliphatic carboxylic acids is 1.